The number of pyridine rings is 1. The number of aromatic nitrogens is 3. The Morgan fingerprint density at radius 3 is 2.81 bits per heavy atom. The average Bonchev–Trinajstić information content (AvgIpc) is 2.97. The standard InChI is InChI=1S/C20H23N5O2/c1-13-14-11-16(26)24(3)17(14)23-19(22-13)20(2)8-6-10-25(12-20)18(27)15-7-4-5-9-21-15/h4-5,7,9H,6,8,10-12H2,1-3H3/t20-/m1/s1. The summed E-state index contributed by atoms with van der Waals surface area (Å²) < 4.78 is 0. The van der Waals surface area contributed by atoms with Crippen molar-refractivity contribution >= 4 is 17.6 Å². The summed E-state index contributed by atoms with van der Waals surface area (Å²) in [6.45, 7) is 5.27. The highest BCUT2D eigenvalue weighted by atomic mass is 16.2. The Hall–Kier alpha value is -2.83. The van der Waals surface area contributed by atoms with Crippen LogP contribution in [-0.4, -0.2) is 51.8 Å². The van der Waals surface area contributed by atoms with Crippen molar-refractivity contribution < 1.29 is 9.59 Å². The summed E-state index contributed by atoms with van der Waals surface area (Å²) in [5.41, 5.74) is 1.86. The van der Waals surface area contributed by atoms with E-state index in [9.17, 15) is 9.59 Å². The minimum absolute atomic E-state index is 0.0419. The second-order valence-electron chi connectivity index (χ2n) is 7.67. The van der Waals surface area contributed by atoms with Crippen LogP contribution < -0.4 is 4.90 Å². The molecule has 0 aliphatic carbocycles. The van der Waals surface area contributed by atoms with E-state index >= 15 is 0 Å². The lowest BCUT2D eigenvalue weighted by molar-refractivity contribution is -0.117. The minimum atomic E-state index is -0.352. The molecule has 0 bridgehead atoms. The predicted octanol–water partition coefficient (Wildman–Crippen LogP) is 1.89. The first-order valence-corrected chi connectivity index (χ1v) is 9.24. The molecule has 7 heteroatoms. The number of likely N-dealkylation sites (tertiary alicyclic amines) is 1. The fraction of sp³-hybridized carbons (Fsp3) is 0.450. The molecule has 0 N–H and O–H groups in total. The van der Waals surface area contributed by atoms with Crippen LogP contribution in [0.2, 0.25) is 0 Å². The topological polar surface area (TPSA) is 79.3 Å². The number of fused-ring (bicyclic) bond motifs is 1. The fourth-order valence-electron chi connectivity index (χ4n) is 3.97. The zero-order chi connectivity index (χ0) is 19.2. The third-order valence-electron chi connectivity index (χ3n) is 5.62. The highest BCUT2D eigenvalue weighted by molar-refractivity contribution is 6.00. The zero-order valence-electron chi connectivity index (χ0n) is 15.9. The third-order valence-corrected chi connectivity index (χ3v) is 5.62. The van der Waals surface area contributed by atoms with Crippen molar-refractivity contribution in [2.75, 3.05) is 25.0 Å². The van der Waals surface area contributed by atoms with Gasteiger partial charge in [-0.25, -0.2) is 9.97 Å². The second kappa shape index (κ2) is 6.40. The number of hydrogen-bond donors (Lipinski definition) is 0. The highest BCUT2D eigenvalue weighted by Gasteiger charge is 2.39. The van der Waals surface area contributed by atoms with Crippen molar-refractivity contribution in [3.05, 3.63) is 47.2 Å². The van der Waals surface area contributed by atoms with E-state index in [2.05, 4.69) is 11.9 Å². The molecule has 2 aromatic heterocycles. The maximum Gasteiger partial charge on any atom is 0.272 e. The maximum atomic E-state index is 12.8. The molecule has 2 amide bonds. The summed E-state index contributed by atoms with van der Waals surface area (Å²) in [6, 6.07) is 5.37. The van der Waals surface area contributed by atoms with Crippen LogP contribution in [0.5, 0.6) is 0 Å². The van der Waals surface area contributed by atoms with Gasteiger partial charge in [-0.2, -0.15) is 0 Å². The zero-order valence-corrected chi connectivity index (χ0v) is 15.9. The van der Waals surface area contributed by atoms with Crippen LogP contribution in [0.1, 0.15) is 47.3 Å². The van der Waals surface area contributed by atoms with Crippen LogP contribution in [0.15, 0.2) is 24.4 Å². The van der Waals surface area contributed by atoms with Gasteiger partial charge in [0, 0.05) is 43.0 Å². The maximum absolute atomic E-state index is 12.8. The molecule has 0 radical (unpaired) electrons. The van der Waals surface area contributed by atoms with E-state index in [1.54, 1.807) is 30.3 Å². The summed E-state index contributed by atoms with van der Waals surface area (Å²) in [7, 11) is 1.75. The number of aryl methyl sites for hydroxylation is 1. The van der Waals surface area contributed by atoms with Crippen molar-refractivity contribution in [1.82, 2.24) is 19.9 Å². The first-order valence-electron chi connectivity index (χ1n) is 9.24. The van der Waals surface area contributed by atoms with Crippen molar-refractivity contribution in [3.63, 3.8) is 0 Å². The molecule has 0 saturated carbocycles. The van der Waals surface area contributed by atoms with Gasteiger partial charge in [0.05, 0.1) is 6.42 Å². The smallest absolute Gasteiger partial charge is 0.272 e. The van der Waals surface area contributed by atoms with Gasteiger partial charge in [-0.3, -0.25) is 19.5 Å². The van der Waals surface area contributed by atoms with E-state index < -0.39 is 0 Å². The molecule has 4 rings (SSSR count). The number of amides is 2. The summed E-state index contributed by atoms with van der Waals surface area (Å²) in [4.78, 5) is 42.0. The molecule has 0 aromatic carbocycles. The lowest BCUT2D eigenvalue weighted by atomic mass is 9.80. The Morgan fingerprint density at radius 2 is 2.07 bits per heavy atom. The molecular weight excluding hydrogens is 342 g/mol. The second-order valence-corrected chi connectivity index (χ2v) is 7.67. The van der Waals surface area contributed by atoms with E-state index in [1.165, 1.54) is 0 Å². The Balaban J connectivity index is 1.65. The van der Waals surface area contributed by atoms with E-state index in [1.807, 2.05) is 17.9 Å². The predicted molar refractivity (Wildman–Crippen MR) is 101 cm³/mol. The molecule has 0 spiro atoms. The number of anilines is 1. The molecular formula is C20H23N5O2. The normalized spacial score (nSPS) is 22.1. The number of hydrogen-bond acceptors (Lipinski definition) is 5. The first-order chi connectivity index (χ1) is 12.9. The van der Waals surface area contributed by atoms with Gasteiger partial charge in [0.15, 0.2) is 0 Å². The van der Waals surface area contributed by atoms with Crippen molar-refractivity contribution in [1.29, 1.82) is 0 Å². The molecule has 7 nitrogen and oxygen atoms in total. The fourth-order valence-corrected chi connectivity index (χ4v) is 3.97. The Bertz CT molecular complexity index is 914. The minimum Gasteiger partial charge on any atom is -0.336 e. The van der Waals surface area contributed by atoms with Crippen molar-refractivity contribution in [2.45, 2.75) is 38.5 Å². The number of carbonyl (C=O) groups is 2. The van der Waals surface area contributed by atoms with Crippen LogP contribution in [-0.2, 0) is 16.6 Å². The van der Waals surface area contributed by atoms with E-state index in [4.69, 9.17) is 9.97 Å². The molecule has 2 aliphatic heterocycles. The van der Waals surface area contributed by atoms with Gasteiger partial charge in [-0.05, 0) is 31.9 Å². The first kappa shape index (κ1) is 17.6. The van der Waals surface area contributed by atoms with Crippen LogP contribution in [0.4, 0.5) is 5.82 Å². The Kier molecular flexibility index (Phi) is 4.17. The SMILES string of the molecule is Cc1nc([C@]2(C)CCCN(C(=O)c3ccccn3)C2)nc2c1CC(=O)N2C. The number of rotatable bonds is 2. The molecule has 4 heterocycles. The highest BCUT2D eigenvalue weighted by Crippen LogP contribution is 2.36. The number of likely N-dealkylation sites (N-methyl/N-ethyl adjacent to an activating group) is 1. The molecule has 1 saturated heterocycles. The van der Waals surface area contributed by atoms with Crippen LogP contribution >= 0.6 is 0 Å². The average molecular weight is 365 g/mol. The van der Waals surface area contributed by atoms with Gasteiger partial charge in [-0.1, -0.05) is 13.0 Å². The third kappa shape index (κ3) is 2.97. The van der Waals surface area contributed by atoms with Crippen LogP contribution in [0.3, 0.4) is 0 Å². The van der Waals surface area contributed by atoms with Gasteiger partial charge in [0.2, 0.25) is 5.91 Å². The lowest BCUT2D eigenvalue weighted by Crippen LogP contribution is -2.48. The molecule has 1 fully saturated rings. The van der Waals surface area contributed by atoms with Crippen molar-refractivity contribution in [3.8, 4) is 0 Å². The molecule has 27 heavy (non-hydrogen) atoms. The van der Waals surface area contributed by atoms with Crippen LogP contribution in [0, 0.1) is 6.92 Å². The molecule has 2 aliphatic rings. The largest absolute Gasteiger partial charge is 0.336 e. The monoisotopic (exact) mass is 365 g/mol. The number of piperidine rings is 1. The summed E-state index contributed by atoms with van der Waals surface area (Å²) in [6.07, 6.45) is 3.77. The van der Waals surface area contributed by atoms with Crippen LogP contribution in [0.25, 0.3) is 0 Å². The molecule has 2 aromatic rings. The van der Waals surface area contributed by atoms with Gasteiger partial charge in [-0.15, -0.1) is 0 Å². The van der Waals surface area contributed by atoms with E-state index in [0.717, 1.165) is 24.1 Å². The number of nitrogens with zero attached hydrogens (tertiary/aromatic N) is 5. The summed E-state index contributed by atoms with van der Waals surface area (Å²) >= 11 is 0. The van der Waals surface area contributed by atoms with E-state index in [-0.39, 0.29) is 17.2 Å². The quantitative estimate of drug-likeness (QED) is 0.812. The van der Waals surface area contributed by atoms with Gasteiger partial charge in [0.25, 0.3) is 5.91 Å². The van der Waals surface area contributed by atoms with Gasteiger partial charge in [0.1, 0.15) is 17.3 Å². The molecule has 1 atom stereocenters. The Morgan fingerprint density at radius 1 is 1.26 bits per heavy atom. The summed E-state index contributed by atoms with van der Waals surface area (Å²) in [5, 5.41) is 0. The Labute approximate surface area is 158 Å². The van der Waals surface area contributed by atoms with Gasteiger partial charge < -0.3 is 4.90 Å². The lowest BCUT2D eigenvalue weighted by Gasteiger charge is -2.39. The number of carbonyl (C=O) groups excluding carboxylic acids is 2. The van der Waals surface area contributed by atoms with Gasteiger partial charge >= 0.3 is 0 Å². The molecule has 0 unspecified atom stereocenters. The van der Waals surface area contributed by atoms with Crippen molar-refractivity contribution in [2.24, 2.45) is 0 Å². The summed E-state index contributed by atoms with van der Waals surface area (Å²) in [5.74, 6) is 1.39. The molecule has 140 valence electrons. The van der Waals surface area contributed by atoms with E-state index in [0.29, 0.717) is 36.8 Å².